The van der Waals surface area contributed by atoms with Gasteiger partial charge in [0.1, 0.15) is 22.0 Å². The lowest BCUT2D eigenvalue weighted by Gasteiger charge is -2.14. The number of esters is 1. The Morgan fingerprint density at radius 1 is 1.15 bits per heavy atom. The van der Waals surface area contributed by atoms with E-state index in [-0.39, 0.29) is 40.0 Å². The molecule has 0 bridgehead atoms. The summed E-state index contributed by atoms with van der Waals surface area (Å²) in [5, 5.41) is 6.17. The van der Waals surface area contributed by atoms with E-state index in [2.05, 4.69) is 25.6 Å². The number of ether oxygens (including phenoxy) is 1. The zero-order valence-electron chi connectivity index (χ0n) is 21.3. The quantitative estimate of drug-likeness (QED) is 0.289. The van der Waals surface area contributed by atoms with E-state index in [1.165, 1.54) is 30.7 Å². The van der Waals surface area contributed by atoms with Gasteiger partial charge < -0.3 is 14.6 Å². The monoisotopic (exact) mass is 572 g/mol. The SMILES string of the molecule is CCNC(=O)Nc1cc(-c2nc(C(F)(F)F)cs2)c(-c2cnc3c(c2)c(=O)c(C(=O)OCC)cn3C2CC2)cn1. The topological polar surface area (TPSA) is 128 Å². The minimum absolute atomic E-state index is 0.0273. The van der Waals surface area contributed by atoms with Gasteiger partial charge in [-0.15, -0.1) is 11.3 Å². The molecule has 0 aromatic carbocycles. The Bertz CT molecular complexity index is 1680. The van der Waals surface area contributed by atoms with Crippen molar-refractivity contribution >= 4 is 40.2 Å². The Hall–Kier alpha value is -4.33. The zero-order valence-corrected chi connectivity index (χ0v) is 22.2. The number of pyridine rings is 3. The molecule has 10 nitrogen and oxygen atoms in total. The first kappa shape index (κ1) is 27.2. The molecule has 2 N–H and O–H groups in total. The average Bonchev–Trinajstić information content (AvgIpc) is 3.62. The number of halogens is 3. The van der Waals surface area contributed by atoms with Gasteiger partial charge in [0.15, 0.2) is 5.69 Å². The number of nitrogens with zero attached hydrogens (tertiary/aromatic N) is 4. The lowest BCUT2D eigenvalue weighted by Crippen LogP contribution is -2.28. The van der Waals surface area contributed by atoms with Crippen LogP contribution in [0.15, 0.2) is 40.9 Å². The second-order valence-corrected chi connectivity index (χ2v) is 9.82. The van der Waals surface area contributed by atoms with E-state index in [0.717, 1.165) is 29.6 Å². The van der Waals surface area contributed by atoms with Gasteiger partial charge in [-0.25, -0.2) is 24.5 Å². The summed E-state index contributed by atoms with van der Waals surface area (Å²) in [6, 6.07) is 2.48. The third kappa shape index (κ3) is 5.39. The largest absolute Gasteiger partial charge is 0.462 e. The van der Waals surface area contributed by atoms with Crippen molar-refractivity contribution in [2.75, 3.05) is 18.5 Å². The number of alkyl halides is 3. The van der Waals surface area contributed by atoms with Crippen molar-refractivity contribution in [3.05, 3.63) is 57.6 Å². The van der Waals surface area contributed by atoms with Crippen molar-refractivity contribution in [2.45, 2.75) is 38.9 Å². The first-order valence-electron chi connectivity index (χ1n) is 12.4. The normalized spacial score (nSPS) is 13.3. The number of anilines is 1. The standard InChI is InChI=1S/C26H23F3N6O4S/c1-3-30-25(38)34-20-8-15(23-33-19(12-40-23)26(27,28)29)17(10-31-20)13-7-16-21(36)18(24(37)39-4-2)11-35(14-5-6-14)22(16)32-9-13/h7-12,14H,3-6H2,1-2H3,(H2,30,31,34,38). The van der Waals surface area contributed by atoms with Gasteiger partial charge in [-0.05, 0) is 38.8 Å². The Labute approximate surface area is 229 Å². The molecule has 1 saturated carbocycles. The van der Waals surface area contributed by atoms with Crippen molar-refractivity contribution in [1.82, 2.24) is 24.8 Å². The van der Waals surface area contributed by atoms with E-state index in [0.29, 0.717) is 23.3 Å². The van der Waals surface area contributed by atoms with Crippen LogP contribution in [0.2, 0.25) is 0 Å². The van der Waals surface area contributed by atoms with Crippen molar-refractivity contribution in [1.29, 1.82) is 0 Å². The summed E-state index contributed by atoms with van der Waals surface area (Å²) in [5.74, 6) is -0.664. The molecule has 208 valence electrons. The van der Waals surface area contributed by atoms with Crippen LogP contribution in [0.5, 0.6) is 0 Å². The summed E-state index contributed by atoms with van der Waals surface area (Å²) in [6.45, 7) is 3.82. The summed E-state index contributed by atoms with van der Waals surface area (Å²) in [5.41, 5.74) is -0.445. The fourth-order valence-electron chi connectivity index (χ4n) is 4.15. The molecule has 0 unspecified atom stereocenters. The molecule has 0 spiro atoms. The highest BCUT2D eigenvalue weighted by atomic mass is 32.1. The number of nitrogens with one attached hydrogen (secondary N) is 2. The van der Waals surface area contributed by atoms with Crippen molar-refractivity contribution in [3.8, 4) is 21.7 Å². The van der Waals surface area contributed by atoms with E-state index in [1.807, 2.05) is 0 Å². The predicted molar refractivity (Wildman–Crippen MR) is 142 cm³/mol. The van der Waals surface area contributed by atoms with E-state index in [1.54, 1.807) is 18.4 Å². The van der Waals surface area contributed by atoms with Crippen LogP contribution in [0.4, 0.5) is 23.8 Å². The van der Waals surface area contributed by atoms with Gasteiger partial charge in [-0.1, -0.05) is 0 Å². The van der Waals surface area contributed by atoms with Crippen LogP contribution < -0.4 is 16.1 Å². The van der Waals surface area contributed by atoms with Crippen LogP contribution in [0.1, 0.15) is 48.8 Å². The minimum atomic E-state index is -4.65. The van der Waals surface area contributed by atoms with Gasteiger partial charge >= 0.3 is 18.2 Å². The first-order valence-corrected chi connectivity index (χ1v) is 13.3. The zero-order chi connectivity index (χ0) is 28.6. The van der Waals surface area contributed by atoms with Crippen molar-refractivity contribution in [3.63, 3.8) is 0 Å². The van der Waals surface area contributed by atoms with Gasteiger partial charge in [0.05, 0.1) is 12.0 Å². The number of amides is 2. The van der Waals surface area contributed by atoms with Gasteiger partial charge in [0.2, 0.25) is 5.43 Å². The molecule has 5 rings (SSSR count). The van der Waals surface area contributed by atoms with Gasteiger partial charge in [-0.3, -0.25) is 10.1 Å². The number of rotatable bonds is 7. The highest BCUT2D eigenvalue weighted by Crippen LogP contribution is 2.40. The number of thiazole rings is 1. The Morgan fingerprint density at radius 2 is 1.93 bits per heavy atom. The van der Waals surface area contributed by atoms with Gasteiger partial charge in [0, 0.05) is 53.2 Å². The van der Waals surface area contributed by atoms with E-state index >= 15 is 0 Å². The van der Waals surface area contributed by atoms with E-state index in [9.17, 15) is 27.6 Å². The van der Waals surface area contributed by atoms with Crippen LogP contribution in [0.25, 0.3) is 32.7 Å². The molecular weight excluding hydrogens is 549 g/mol. The lowest BCUT2D eigenvalue weighted by molar-refractivity contribution is -0.140. The summed E-state index contributed by atoms with van der Waals surface area (Å²) in [4.78, 5) is 50.5. The first-order chi connectivity index (χ1) is 19.1. The third-order valence-corrected chi connectivity index (χ3v) is 7.00. The second kappa shape index (κ2) is 10.7. The van der Waals surface area contributed by atoms with Gasteiger partial charge in [0.25, 0.3) is 0 Å². The summed E-state index contributed by atoms with van der Waals surface area (Å²) in [6.07, 6.45) is 1.40. The maximum Gasteiger partial charge on any atom is 0.434 e. The van der Waals surface area contributed by atoms with Crippen molar-refractivity contribution in [2.24, 2.45) is 0 Å². The fraction of sp³-hybridized carbons (Fsp3) is 0.308. The Balaban J connectivity index is 1.68. The molecular formula is C26H23F3N6O4S. The van der Waals surface area contributed by atoms with Crippen LogP contribution >= 0.6 is 11.3 Å². The summed E-state index contributed by atoms with van der Waals surface area (Å²) < 4.78 is 46.9. The highest BCUT2D eigenvalue weighted by molar-refractivity contribution is 7.13. The molecule has 1 aliphatic carbocycles. The predicted octanol–water partition coefficient (Wildman–Crippen LogP) is 5.25. The number of hydrogen-bond acceptors (Lipinski definition) is 8. The van der Waals surface area contributed by atoms with Crippen LogP contribution in [0.3, 0.4) is 0 Å². The van der Waals surface area contributed by atoms with Crippen molar-refractivity contribution < 1.29 is 27.5 Å². The second-order valence-electron chi connectivity index (χ2n) is 8.96. The third-order valence-electron chi connectivity index (χ3n) is 6.12. The minimum Gasteiger partial charge on any atom is -0.462 e. The Kier molecular flexibility index (Phi) is 7.27. The molecule has 4 heterocycles. The lowest BCUT2D eigenvalue weighted by atomic mass is 10.0. The van der Waals surface area contributed by atoms with E-state index < -0.39 is 29.3 Å². The smallest absolute Gasteiger partial charge is 0.434 e. The number of carbonyl (C=O) groups is 2. The van der Waals surface area contributed by atoms with Crippen LogP contribution in [-0.4, -0.2) is 44.7 Å². The Morgan fingerprint density at radius 3 is 2.58 bits per heavy atom. The molecule has 2 amide bonds. The van der Waals surface area contributed by atoms with Gasteiger partial charge in [-0.2, -0.15) is 13.2 Å². The van der Waals surface area contributed by atoms with Crippen LogP contribution in [0, 0.1) is 0 Å². The van der Waals surface area contributed by atoms with Crippen LogP contribution in [-0.2, 0) is 10.9 Å². The molecule has 14 heteroatoms. The number of fused-ring (bicyclic) bond motifs is 1. The molecule has 1 aliphatic rings. The fourth-order valence-corrected chi connectivity index (χ4v) is 5.00. The number of aromatic nitrogens is 4. The molecule has 0 radical (unpaired) electrons. The molecule has 0 saturated heterocycles. The maximum absolute atomic E-state index is 13.4. The maximum atomic E-state index is 13.4. The average molecular weight is 573 g/mol. The summed E-state index contributed by atoms with van der Waals surface area (Å²) in [7, 11) is 0. The highest BCUT2D eigenvalue weighted by Gasteiger charge is 2.34. The number of urea groups is 1. The number of carbonyl (C=O) groups excluding carboxylic acids is 2. The molecule has 4 aromatic heterocycles. The van der Waals surface area contributed by atoms with E-state index in [4.69, 9.17) is 4.74 Å². The molecule has 1 fully saturated rings. The molecule has 40 heavy (non-hydrogen) atoms. The molecule has 4 aromatic rings. The molecule has 0 atom stereocenters. The summed E-state index contributed by atoms with van der Waals surface area (Å²) >= 11 is 0.775. The number of hydrogen-bond donors (Lipinski definition) is 2. The molecule has 0 aliphatic heterocycles.